The summed E-state index contributed by atoms with van der Waals surface area (Å²) < 4.78 is 29.2. The van der Waals surface area contributed by atoms with Gasteiger partial charge in [0.1, 0.15) is 20.7 Å². The lowest BCUT2D eigenvalue weighted by molar-refractivity contribution is 0.415. The number of halogens is 1. The Balaban J connectivity index is 2.30. The molecular weight excluding hydrogens is 365 g/mol. The van der Waals surface area contributed by atoms with Crippen molar-refractivity contribution in [3.8, 4) is 17.0 Å². The first-order valence-corrected chi connectivity index (χ1v) is 7.10. The Morgan fingerprint density at radius 1 is 1.40 bits per heavy atom. The van der Waals surface area contributed by atoms with Gasteiger partial charge in [0.05, 0.1) is 12.6 Å². The lowest BCUT2D eigenvalue weighted by atomic mass is 10.00. The summed E-state index contributed by atoms with van der Waals surface area (Å²) in [6.07, 6.45) is 0. The van der Waals surface area contributed by atoms with E-state index in [1.807, 2.05) is 12.1 Å². The zero-order valence-corrected chi connectivity index (χ0v) is 13.1. The summed E-state index contributed by atoms with van der Waals surface area (Å²) in [5.74, 6) is 0.573. The van der Waals surface area contributed by atoms with E-state index in [9.17, 15) is 0 Å². The highest BCUT2D eigenvalue weighted by atomic mass is 127. The fraction of sp³-hybridized carbons (Fsp3) is 0.200. The molecule has 0 saturated carbocycles. The predicted molar refractivity (Wildman–Crippen MR) is 88.1 cm³/mol. The van der Waals surface area contributed by atoms with Gasteiger partial charge in [0.15, 0.2) is 0 Å². The summed E-state index contributed by atoms with van der Waals surface area (Å²) in [7, 11) is 1.57. The summed E-state index contributed by atoms with van der Waals surface area (Å²) in [5, 5.41) is 7.04. The standard InChI is InChI=1S/C15H14IN3O/c1-8-5-4-6-10(9(8)2)13-12(20-3)7-11-14(17-13)15(16)19-18-11/h4-7H,1-3H3,(H,18,19)/i1D3. The van der Waals surface area contributed by atoms with Crippen LogP contribution in [-0.2, 0) is 0 Å². The fourth-order valence-corrected chi connectivity index (χ4v) is 2.67. The number of benzene rings is 1. The minimum Gasteiger partial charge on any atom is -0.494 e. The number of aromatic nitrogens is 3. The quantitative estimate of drug-likeness (QED) is 0.685. The number of aryl methyl sites for hydroxylation is 1. The number of methoxy groups -OCH3 is 1. The second-order valence-corrected chi connectivity index (χ2v) is 5.45. The second kappa shape index (κ2) is 5.05. The monoisotopic (exact) mass is 382 g/mol. The molecule has 3 rings (SSSR count). The molecule has 0 atom stereocenters. The van der Waals surface area contributed by atoms with Gasteiger partial charge >= 0.3 is 0 Å². The van der Waals surface area contributed by atoms with Gasteiger partial charge in [-0.3, -0.25) is 5.10 Å². The van der Waals surface area contributed by atoms with Gasteiger partial charge in [-0.1, -0.05) is 18.2 Å². The van der Waals surface area contributed by atoms with Crippen molar-refractivity contribution in [1.29, 1.82) is 0 Å². The van der Waals surface area contributed by atoms with Gasteiger partial charge in [-0.2, -0.15) is 5.10 Å². The topological polar surface area (TPSA) is 50.8 Å². The summed E-state index contributed by atoms with van der Waals surface area (Å²) >= 11 is 2.11. The number of nitrogens with zero attached hydrogens (tertiary/aromatic N) is 2. The Bertz CT molecular complexity index is 890. The van der Waals surface area contributed by atoms with Crippen molar-refractivity contribution < 1.29 is 8.85 Å². The zero-order chi connectivity index (χ0) is 16.8. The van der Waals surface area contributed by atoms with Crippen molar-refractivity contribution in [2.24, 2.45) is 0 Å². The second-order valence-electron chi connectivity index (χ2n) is 4.43. The van der Waals surface area contributed by atoms with E-state index in [2.05, 4.69) is 37.8 Å². The van der Waals surface area contributed by atoms with Crippen molar-refractivity contribution in [3.63, 3.8) is 0 Å². The van der Waals surface area contributed by atoms with Gasteiger partial charge < -0.3 is 4.74 Å². The van der Waals surface area contributed by atoms with Gasteiger partial charge in [0, 0.05) is 15.7 Å². The van der Waals surface area contributed by atoms with Crippen molar-refractivity contribution in [2.75, 3.05) is 7.11 Å². The number of hydrogen-bond acceptors (Lipinski definition) is 3. The lowest BCUT2D eigenvalue weighted by Crippen LogP contribution is -1.95. The summed E-state index contributed by atoms with van der Waals surface area (Å²) in [6.45, 7) is -0.371. The highest BCUT2D eigenvalue weighted by Gasteiger charge is 2.15. The number of nitrogens with one attached hydrogen (secondary N) is 1. The molecule has 102 valence electrons. The third kappa shape index (κ3) is 2.06. The zero-order valence-electron chi connectivity index (χ0n) is 14.0. The van der Waals surface area contributed by atoms with E-state index in [-0.39, 0.29) is 0 Å². The van der Waals surface area contributed by atoms with Crippen LogP contribution in [0.2, 0.25) is 0 Å². The van der Waals surface area contributed by atoms with Crippen molar-refractivity contribution in [3.05, 3.63) is 39.1 Å². The fourth-order valence-electron chi connectivity index (χ4n) is 2.14. The Kier molecular flexibility index (Phi) is 2.56. The summed E-state index contributed by atoms with van der Waals surface area (Å²) in [5.41, 5.74) is 3.87. The Morgan fingerprint density at radius 2 is 2.25 bits per heavy atom. The number of H-pyrrole nitrogens is 1. The Morgan fingerprint density at radius 3 is 3.00 bits per heavy atom. The largest absolute Gasteiger partial charge is 0.494 e. The molecule has 1 N–H and O–H groups in total. The van der Waals surface area contributed by atoms with E-state index in [0.717, 1.165) is 20.3 Å². The van der Waals surface area contributed by atoms with Gasteiger partial charge in [-0.05, 0) is 47.5 Å². The predicted octanol–water partition coefficient (Wildman–Crippen LogP) is 3.85. The van der Waals surface area contributed by atoms with Crippen LogP contribution < -0.4 is 4.74 Å². The van der Waals surface area contributed by atoms with E-state index in [1.54, 1.807) is 26.2 Å². The Hall–Kier alpha value is -1.63. The lowest BCUT2D eigenvalue weighted by Gasteiger charge is -2.12. The van der Waals surface area contributed by atoms with Crippen LogP contribution in [0.4, 0.5) is 0 Å². The minimum absolute atomic E-state index is 0.320. The first-order chi connectivity index (χ1) is 10.8. The van der Waals surface area contributed by atoms with Crippen LogP contribution in [0.3, 0.4) is 0 Å². The molecule has 2 heterocycles. The number of ether oxygens (including phenoxy) is 1. The number of hydrogen-bond donors (Lipinski definition) is 1. The van der Waals surface area contributed by atoms with Gasteiger partial charge in [-0.15, -0.1) is 0 Å². The van der Waals surface area contributed by atoms with E-state index in [0.29, 0.717) is 22.6 Å². The highest BCUT2D eigenvalue weighted by Crippen LogP contribution is 2.34. The third-order valence-electron chi connectivity index (χ3n) is 3.27. The molecule has 1 aromatic carbocycles. The molecule has 2 aromatic heterocycles. The Labute approximate surface area is 134 Å². The molecule has 0 aliphatic heterocycles. The highest BCUT2D eigenvalue weighted by molar-refractivity contribution is 14.1. The van der Waals surface area contributed by atoms with Crippen LogP contribution in [0.5, 0.6) is 5.75 Å². The van der Waals surface area contributed by atoms with Gasteiger partial charge in [-0.25, -0.2) is 4.98 Å². The molecule has 4 nitrogen and oxygen atoms in total. The minimum atomic E-state index is -2.17. The third-order valence-corrected chi connectivity index (χ3v) is 4.02. The number of fused-ring (bicyclic) bond motifs is 1. The number of rotatable bonds is 2. The molecule has 20 heavy (non-hydrogen) atoms. The van der Waals surface area contributed by atoms with Crippen LogP contribution in [-0.4, -0.2) is 22.3 Å². The average molecular weight is 382 g/mol. The molecule has 3 aromatic rings. The molecule has 0 saturated heterocycles. The van der Waals surface area contributed by atoms with Crippen LogP contribution in [0.25, 0.3) is 22.3 Å². The number of aromatic amines is 1. The SMILES string of the molecule is [2H]C([2H])([2H])c1cccc(-c2nc3c(I)n[nH]c3cc2OC)c1C. The van der Waals surface area contributed by atoms with E-state index in [1.165, 1.54) is 0 Å². The van der Waals surface area contributed by atoms with Crippen LogP contribution >= 0.6 is 22.6 Å². The first kappa shape index (κ1) is 10.1. The van der Waals surface area contributed by atoms with Crippen molar-refractivity contribution in [1.82, 2.24) is 15.2 Å². The van der Waals surface area contributed by atoms with Crippen molar-refractivity contribution in [2.45, 2.75) is 13.8 Å². The summed E-state index contributed by atoms with van der Waals surface area (Å²) in [4.78, 5) is 4.65. The molecule has 0 bridgehead atoms. The van der Waals surface area contributed by atoms with Gasteiger partial charge in [0.25, 0.3) is 0 Å². The molecule has 0 fully saturated rings. The normalized spacial score (nSPS) is 13.8. The van der Waals surface area contributed by atoms with Crippen LogP contribution in [0.1, 0.15) is 15.2 Å². The van der Waals surface area contributed by atoms with Crippen molar-refractivity contribution >= 4 is 33.6 Å². The smallest absolute Gasteiger partial charge is 0.149 e. The van der Waals surface area contributed by atoms with Gasteiger partial charge in [0.2, 0.25) is 0 Å². The molecular formula is C15H14IN3O. The van der Waals surface area contributed by atoms with Crippen LogP contribution in [0.15, 0.2) is 24.3 Å². The maximum Gasteiger partial charge on any atom is 0.149 e. The summed E-state index contributed by atoms with van der Waals surface area (Å²) in [6, 6.07) is 7.04. The maximum absolute atomic E-state index is 7.68. The molecule has 0 spiro atoms. The molecule has 0 aliphatic rings. The molecule has 0 aliphatic carbocycles. The molecule has 0 radical (unpaired) electrons. The molecule has 0 unspecified atom stereocenters. The maximum atomic E-state index is 7.68. The molecule has 5 heteroatoms. The number of pyridine rings is 1. The molecule has 0 amide bonds. The average Bonchev–Trinajstić information content (AvgIpc) is 2.86. The van der Waals surface area contributed by atoms with E-state index in [4.69, 9.17) is 8.85 Å². The van der Waals surface area contributed by atoms with Crippen LogP contribution in [0, 0.1) is 17.5 Å². The van der Waals surface area contributed by atoms with E-state index < -0.39 is 6.85 Å². The van der Waals surface area contributed by atoms with E-state index >= 15 is 0 Å². The first-order valence-electron chi connectivity index (χ1n) is 7.52.